The second kappa shape index (κ2) is 12.7. The van der Waals surface area contributed by atoms with Gasteiger partial charge in [0.15, 0.2) is 0 Å². The molecule has 0 bridgehead atoms. The molecule has 0 spiro atoms. The van der Waals surface area contributed by atoms with Crippen molar-refractivity contribution in [1.82, 2.24) is 0 Å². The van der Waals surface area contributed by atoms with Gasteiger partial charge in [-0.3, -0.25) is 0 Å². The van der Waals surface area contributed by atoms with E-state index in [9.17, 15) is 5.11 Å². The minimum Gasteiger partial charge on any atom is -0.508 e. The topological polar surface area (TPSA) is 54.2 Å². The van der Waals surface area contributed by atoms with Crippen LogP contribution in [0.25, 0.3) is 41.8 Å². The van der Waals surface area contributed by atoms with Gasteiger partial charge in [0.2, 0.25) is 0 Å². The Kier molecular flexibility index (Phi) is 8.65. The van der Waals surface area contributed by atoms with Gasteiger partial charge in [-0.2, -0.15) is 8.73 Å². The van der Waals surface area contributed by atoms with Crippen molar-refractivity contribution in [2.24, 2.45) is 14.6 Å². The number of hydrogen-bond donors (Lipinski definition) is 1. The first kappa shape index (κ1) is 28.5. The normalized spacial score (nSPS) is 12.7. The highest BCUT2D eigenvalue weighted by Gasteiger charge is 2.25. The van der Waals surface area contributed by atoms with Crippen molar-refractivity contribution in [2.45, 2.75) is 39.5 Å². The molecule has 8 heteroatoms. The highest BCUT2D eigenvalue weighted by atomic mass is 32.1. The van der Waals surface area contributed by atoms with E-state index in [4.69, 9.17) is 4.74 Å². The maximum atomic E-state index is 15.5. The monoisotopic (exact) mass is 614 g/mol. The lowest BCUT2D eigenvalue weighted by molar-refractivity contribution is 0.233. The number of phenols is 1. The number of ether oxygens (including phenoxy) is 1. The van der Waals surface area contributed by atoms with Crippen LogP contribution < -0.4 is 4.74 Å². The number of nitrogens with zero attached hydrogens (tertiary/aromatic N) is 2. The molecule has 0 saturated heterocycles. The van der Waals surface area contributed by atoms with Crippen molar-refractivity contribution in [2.75, 3.05) is 6.61 Å². The minimum absolute atomic E-state index is 0.182. The summed E-state index contributed by atoms with van der Waals surface area (Å²) >= 11 is 4.38. The van der Waals surface area contributed by atoms with Crippen LogP contribution >= 0.6 is 22.7 Å². The summed E-state index contributed by atoms with van der Waals surface area (Å²) in [6.45, 7) is 5.23. The Morgan fingerprint density at radius 2 is 1.48 bits per heavy atom. The van der Waals surface area contributed by atoms with Gasteiger partial charge in [-0.05, 0) is 89.7 Å². The van der Waals surface area contributed by atoms with Crippen LogP contribution in [0, 0.1) is 11.7 Å². The lowest BCUT2D eigenvalue weighted by Crippen LogP contribution is -2.11. The first-order valence-electron chi connectivity index (χ1n) is 14.2. The summed E-state index contributed by atoms with van der Waals surface area (Å²) in [5, 5.41) is 9.58. The fourth-order valence-electron chi connectivity index (χ4n) is 5.01. The molecule has 0 saturated carbocycles. The van der Waals surface area contributed by atoms with Crippen LogP contribution in [0.5, 0.6) is 11.5 Å². The second-order valence-electron chi connectivity index (χ2n) is 10.4. The molecule has 0 amide bonds. The quantitative estimate of drug-likeness (QED) is 0.158. The van der Waals surface area contributed by atoms with Crippen LogP contribution in [0.15, 0.2) is 87.6 Å². The molecule has 0 aliphatic carbocycles. The van der Waals surface area contributed by atoms with Gasteiger partial charge in [0.25, 0.3) is 0 Å². The van der Waals surface area contributed by atoms with Crippen LogP contribution in [-0.4, -0.2) is 11.7 Å². The summed E-state index contributed by atoms with van der Waals surface area (Å²) in [5.41, 5.74) is 4.79. The second-order valence-corrected chi connectivity index (χ2v) is 13.0. The molecular weight excluding hydrogens is 584 g/mol. The maximum Gasteiger partial charge on any atom is 0.132 e. The number of hydrogen-bond acceptors (Lipinski definition) is 6. The highest BCUT2D eigenvalue weighted by molar-refractivity contribution is 7.58. The Hall–Kier alpha value is -3.59. The molecule has 0 radical (unpaired) electrons. The van der Waals surface area contributed by atoms with Crippen LogP contribution in [-0.2, 0) is 11.4 Å². The molecule has 1 aliphatic heterocycles. The van der Waals surface area contributed by atoms with E-state index in [1.807, 2.05) is 12.1 Å². The Morgan fingerprint density at radius 3 is 2.19 bits per heavy atom. The summed E-state index contributed by atoms with van der Waals surface area (Å²) in [7, 11) is 0. The van der Waals surface area contributed by atoms with E-state index >= 15 is 4.39 Å². The summed E-state index contributed by atoms with van der Waals surface area (Å²) in [6.07, 6.45) is 4.82. The summed E-state index contributed by atoms with van der Waals surface area (Å²) < 4.78 is 30.7. The molecule has 2 aromatic heterocycles. The van der Waals surface area contributed by atoms with Crippen molar-refractivity contribution >= 4 is 45.4 Å². The first-order valence-corrected chi connectivity index (χ1v) is 16.6. The number of phenolic OH excluding ortho intramolecular Hbond substituents is 1. The number of rotatable bonds is 11. The Balaban J connectivity index is 1.22. The molecule has 3 heterocycles. The van der Waals surface area contributed by atoms with E-state index in [2.05, 4.69) is 59.0 Å². The van der Waals surface area contributed by atoms with Crippen molar-refractivity contribution in [3.63, 3.8) is 0 Å². The zero-order chi connectivity index (χ0) is 29.1. The average molecular weight is 615 g/mol. The van der Waals surface area contributed by atoms with Gasteiger partial charge in [0, 0.05) is 15.3 Å². The molecule has 1 N–H and O–H groups in total. The average Bonchev–Trinajstić information content (AvgIpc) is 3.76. The van der Waals surface area contributed by atoms with Crippen molar-refractivity contribution < 1.29 is 14.2 Å². The van der Waals surface area contributed by atoms with E-state index in [0.717, 1.165) is 77.7 Å². The minimum atomic E-state index is -0.312. The Bertz CT molecular complexity index is 1770. The van der Waals surface area contributed by atoms with Gasteiger partial charge in [-0.25, -0.2) is 4.39 Å². The number of halogens is 1. The molecule has 1 aliphatic rings. The molecule has 0 fully saturated rings. The number of fused-ring (bicyclic) bond motifs is 1. The number of thiophene rings is 2. The van der Waals surface area contributed by atoms with E-state index in [0.29, 0.717) is 11.5 Å². The molecule has 1 atom stereocenters. The lowest BCUT2D eigenvalue weighted by Gasteiger charge is -2.15. The van der Waals surface area contributed by atoms with Crippen molar-refractivity contribution in [3.8, 4) is 53.3 Å². The largest absolute Gasteiger partial charge is 0.508 e. The van der Waals surface area contributed by atoms with E-state index in [-0.39, 0.29) is 11.6 Å². The van der Waals surface area contributed by atoms with Gasteiger partial charge < -0.3 is 9.84 Å². The van der Waals surface area contributed by atoms with Gasteiger partial charge in [0.1, 0.15) is 28.7 Å². The van der Waals surface area contributed by atoms with Gasteiger partial charge in [-0.1, -0.05) is 51.3 Å². The van der Waals surface area contributed by atoms with Crippen LogP contribution in [0.1, 0.15) is 39.5 Å². The highest BCUT2D eigenvalue weighted by Crippen LogP contribution is 2.55. The summed E-state index contributed by atoms with van der Waals surface area (Å²) in [6, 6.07) is 24.6. The molecular formula is C34H31FN2O2S3. The van der Waals surface area contributed by atoms with Crippen molar-refractivity contribution in [3.05, 3.63) is 84.7 Å². The van der Waals surface area contributed by atoms with Gasteiger partial charge in [0.05, 0.1) is 27.7 Å². The molecule has 42 heavy (non-hydrogen) atoms. The Labute approximate surface area is 257 Å². The fourth-order valence-corrected chi connectivity index (χ4v) is 8.01. The molecule has 1 unspecified atom stereocenters. The van der Waals surface area contributed by atoms with E-state index in [1.165, 1.54) is 36.7 Å². The molecule has 5 aromatic rings. The van der Waals surface area contributed by atoms with E-state index in [1.54, 1.807) is 35.6 Å². The van der Waals surface area contributed by atoms with E-state index < -0.39 is 0 Å². The third kappa shape index (κ3) is 5.98. The predicted octanol–water partition coefficient (Wildman–Crippen LogP) is 11.6. The van der Waals surface area contributed by atoms with Crippen LogP contribution in [0.2, 0.25) is 0 Å². The summed E-state index contributed by atoms with van der Waals surface area (Å²) in [5.74, 6) is 1.37. The zero-order valence-corrected chi connectivity index (χ0v) is 25.9. The predicted molar refractivity (Wildman–Crippen MR) is 176 cm³/mol. The Morgan fingerprint density at radius 1 is 0.786 bits per heavy atom. The number of unbranched alkanes of at least 4 members (excludes halogenated alkanes) is 1. The fraction of sp³-hybridized carbons (Fsp3) is 0.235. The summed E-state index contributed by atoms with van der Waals surface area (Å²) in [4.78, 5) is 4.03. The third-order valence-electron chi connectivity index (χ3n) is 7.53. The number of benzene rings is 3. The smallest absolute Gasteiger partial charge is 0.132 e. The maximum absolute atomic E-state index is 15.5. The lowest BCUT2D eigenvalue weighted by atomic mass is 10.0. The first-order chi connectivity index (χ1) is 20.5. The molecule has 3 aromatic carbocycles. The van der Waals surface area contributed by atoms with Gasteiger partial charge in [-0.15, -0.1) is 22.7 Å². The molecule has 6 rings (SSSR count). The SMILES string of the molecule is CCCCC(CC)COc1ccc(-c2ccc(-c3sc(-c4ccc(-c5ccc(O)cc5)cc4F)c4c3N=S=N4)s2)cc1. The zero-order valence-electron chi connectivity index (χ0n) is 23.5. The molecule has 4 nitrogen and oxygen atoms in total. The van der Waals surface area contributed by atoms with Crippen LogP contribution in [0.3, 0.4) is 0 Å². The van der Waals surface area contributed by atoms with Gasteiger partial charge >= 0.3 is 0 Å². The number of aromatic hydroxyl groups is 1. The van der Waals surface area contributed by atoms with Crippen LogP contribution in [0.4, 0.5) is 15.8 Å². The third-order valence-corrected chi connectivity index (χ3v) is 10.6. The molecule has 214 valence electrons. The van der Waals surface area contributed by atoms with Crippen molar-refractivity contribution in [1.29, 1.82) is 0 Å². The standard InChI is InChI=1S/C34H31FN2O2S3/c1-3-5-6-21(4-2)20-39-26-14-9-23(10-15-26)29-17-18-30(40-29)34-32-31(36-42-37-32)33(41-34)27-16-11-24(19-28(27)35)22-7-12-25(38)13-8-22/h7-19,21,38H,3-6,20H2,1-2H3.